The summed E-state index contributed by atoms with van der Waals surface area (Å²) in [4.78, 5) is 38.7. The second-order valence-corrected chi connectivity index (χ2v) is 5.99. The van der Waals surface area contributed by atoms with Crippen LogP contribution in [0.2, 0.25) is 0 Å². The summed E-state index contributed by atoms with van der Waals surface area (Å²) in [6.07, 6.45) is 0.510. The molecule has 0 unspecified atom stereocenters. The molecule has 9 nitrogen and oxygen atoms in total. The predicted molar refractivity (Wildman–Crippen MR) is 97.6 cm³/mol. The summed E-state index contributed by atoms with van der Waals surface area (Å²) in [5.41, 5.74) is 0.683. The lowest BCUT2D eigenvalue weighted by molar-refractivity contribution is -0.384. The van der Waals surface area contributed by atoms with Crippen molar-refractivity contribution in [2.75, 3.05) is 40.0 Å². The number of nitro benzene ring substituents is 1. The number of carbonyl (C=O) groups is 2. The average molecular weight is 377 g/mol. The summed E-state index contributed by atoms with van der Waals surface area (Å²) >= 11 is 0. The molecule has 1 aromatic carbocycles. The Hall–Kier alpha value is -2.78. The molecule has 0 spiro atoms. The summed E-state index contributed by atoms with van der Waals surface area (Å²) in [6.45, 7) is 3.06. The highest BCUT2D eigenvalue weighted by atomic mass is 16.6. The van der Waals surface area contributed by atoms with E-state index in [1.165, 1.54) is 29.2 Å². The van der Waals surface area contributed by atoms with E-state index in [2.05, 4.69) is 0 Å². The molecular formula is C18H23N3O6. The molecule has 0 atom stereocenters. The maximum Gasteiger partial charge on any atom is 0.277 e. The second kappa shape index (κ2) is 9.24. The lowest BCUT2D eigenvalue weighted by Gasteiger charge is -2.20. The minimum atomic E-state index is -0.529. The predicted octanol–water partition coefficient (Wildman–Crippen LogP) is 1.03. The highest BCUT2D eigenvalue weighted by molar-refractivity contribution is 6.35. The highest BCUT2D eigenvalue weighted by Gasteiger charge is 2.40. The molecule has 1 N–H and O–H groups in total. The van der Waals surface area contributed by atoms with Gasteiger partial charge in [-0.1, -0.05) is 0 Å². The van der Waals surface area contributed by atoms with Gasteiger partial charge in [0.2, 0.25) is 0 Å². The fraction of sp³-hybridized carbons (Fsp3) is 0.444. The van der Waals surface area contributed by atoms with Crippen LogP contribution >= 0.6 is 0 Å². The number of amides is 2. The van der Waals surface area contributed by atoms with Crippen LogP contribution in [0.25, 0.3) is 5.57 Å². The Labute approximate surface area is 157 Å². The Morgan fingerprint density at radius 2 is 1.89 bits per heavy atom. The first-order valence-electron chi connectivity index (χ1n) is 8.67. The monoisotopic (exact) mass is 377 g/mol. The van der Waals surface area contributed by atoms with E-state index in [1.807, 2.05) is 6.92 Å². The number of benzene rings is 1. The minimum Gasteiger partial charge on any atom is -0.395 e. The van der Waals surface area contributed by atoms with Crippen LogP contribution in [0.3, 0.4) is 0 Å². The SMILES string of the molecule is CCOCCCN1C(=O)C(c2ccc([N+](=O)[O-])cc2)=C(N(C)CCO)C1=O. The number of carbonyl (C=O) groups excluding carboxylic acids is 2. The topological polar surface area (TPSA) is 113 Å². The maximum atomic E-state index is 12.9. The molecule has 0 radical (unpaired) electrons. The molecule has 0 bridgehead atoms. The summed E-state index contributed by atoms with van der Waals surface area (Å²) in [5, 5.41) is 20.1. The molecule has 0 aromatic heterocycles. The van der Waals surface area contributed by atoms with Crippen molar-refractivity contribution in [2.24, 2.45) is 0 Å². The van der Waals surface area contributed by atoms with Crippen LogP contribution in [-0.2, 0) is 14.3 Å². The zero-order chi connectivity index (χ0) is 20.0. The van der Waals surface area contributed by atoms with Crippen LogP contribution in [0.15, 0.2) is 30.0 Å². The quantitative estimate of drug-likeness (QED) is 0.280. The number of ether oxygens (including phenoxy) is 1. The Kier molecular flexibility index (Phi) is 7.03. The number of hydrogen-bond acceptors (Lipinski definition) is 7. The molecule has 2 amide bonds. The Morgan fingerprint density at radius 3 is 2.44 bits per heavy atom. The minimum absolute atomic E-state index is 0.102. The van der Waals surface area contributed by atoms with Crippen molar-refractivity contribution in [3.05, 3.63) is 45.6 Å². The second-order valence-electron chi connectivity index (χ2n) is 5.99. The maximum absolute atomic E-state index is 12.9. The van der Waals surface area contributed by atoms with Gasteiger partial charge < -0.3 is 14.7 Å². The summed E-state index contributed by atoms with van der Waals surface area (Å²) in [7, 11) is 1.62. The normalized spacial score (nSPS) is 14.3. The van der Waals surface area contributed by atoms with Gasteiger partial charge in [-0.15, -0.1) is 0 Å². The van der Waals surface area contributed by atoms with E-state index in [1.54, 1.807) is 7.05 Å². The third kappa shape index (κ3) is 4.50. The van der Waals surface area contributed by atoms with Crippen molar-refractivity contribution in [1.82, 2.24) is 9.80 Å². The van der Waals surface area contributed by atoms with E-state index in [9.17, 15) is 24.8 Å². The molecule has 0 aliphatic carbocycles. The van der Waals surface area contributed by atoms with E-state index >= 15 is 0 Å². The zero-order valence-corrected chi connectivity index (χ0v) is 15.4. The number of aliphatic hydroxyl groups excluding tert-OH is 1. The summed E-state index contributed by atoms with van der Waals surface area (Å²) in [6, 6.07) is 5.49. The lowest BCUT2D eigenvalue weighted by Crippen LogP contribution is -2.36. The standard InChI is InChI=1S/C18H23N3O6/c1-3-27-12-4-9-20-17(23)15(16(18(20)24)19(2)10-11-22)13-5-7-14(8-6-13)21(25)26/h5-8,22H,3-4,9-12H2,1-2H3. The molecule has 27 heavy (non-hydrogen) atoms. The molecule has 146 valence electrons. The van der Waals surface area contributed by atoms with E-state index in [0.29, 0.717) is 25.2 Å². The van der Waals surface area contributed by atoms with Crippen molar-refractivity contribution in [3.63, 3.8) is 0 Å². The number of hydrogen-bond donors (Lipinski definition) is 1. The molecule has 1 aliphatic rings. The number of imide groups is 1. The van der Waals surface area contributed by atoms with Crippen LogP contribution in [0, 0.1) is 10.1 Å². The van der Waals surface area contributed by atoms with Gasteiger partial charge >= 0.3 is 0 Å². The molecule has 1 aliphatic heterocycles. The van der Waals surface area contributed by atoms with E-state index < -0.39 is 16.7 Å². The van der Waals surface area contributed by atoms with Crippen molar-refractivity contribution < 1.29 is 24.4 Å². The van der Waals surface area contributed by atoms with Crippen LogP contribution in [0.4, 0.5) is 5.69 Å². The third-order valence-electron chi connectivity index (χ3n) is 4.20. The number of nitro groups is 1. The van der Waals surface area contributed by atoms with Gasteiger partial charge in [-0.3, -0.25) is 24.6 Å². The summed E-state index contributed by atoms with van der Waals surface area (Å²) in [5.74, 6) is -0.897. The molecule has 1 heterocycles. The van der Waals surface area contributed by atoms with Crippen molar-refractivity contribution in [3.8, 4) is 0 Å². The van der Waals surface area contributed by atoms with Gasteiger partial charge in [0.05, 0.1) is 17.1 Å². The largest absolute Gasteiger partial charge is 0.395 e. The van der Waals surface area contributed by atoms with Gasteiger partial charge in [0.25, 0.3) is 17.5 Å². The van der Waals surface area contributed by atoms with E-state index in [0.717, 1.165) is 4.90 Å². The first-order valence-corrected chi connectivity index (χ1v) is 8.67. The van der Waals surface area contributed by atoms with Crippen LogP contribution in [0.5, 0.6) is 0 Å². The van der Waals surface area contributed by atoms with Gasteiger partial charge in [-0.2, -0.15) is 0 Å². The number of nitrogens with zero attached hydrogens (tertiary/aromatic N) is 3. The first kappa shape index (κ1) is 20.5. The fourth-order valence-electron chi connectivity index (χ4n) is 2.86. The Morgan fingerprint density at radius 1 is 1.22 bits per heavy atom. The lowest BCUT2D eigenvalue weighted by atomic mass is 10.0. The summed E-state index contributed by atoms with van der Waals surface area (Å²) < 4.78 is 5.25. The Balaban J connectivity index is 2.36. The molecule has 9 heteroatoms. The van der Waals surface area contributed by atoms with Gasteiger partial charge in [-0.25, -0.2) is 0 Å². The Bertz CT molecular complexity index is 744. The average Bonchev–Trinajstić information content (AvgIpc) is 2.89. The van der Waals surface area contributed by atoms with Gasteiger partial charge in [0, 0.05) is 45.5 Å². The third-order valence-corrected chi connectivity index (χ3v) is 4.20. The number of non-ortho nitro benzene ring substituents is 1. The molecular weight excluding hydrogens is 354 g/mol. The molecule has 2 rings (SSSR count). The van der Waals surface area contributed by atoms with Gasteiger partial charge in [0.15, 0.2) is 0 Å². The molecule has 0 saturated heterocycles. The van der Waals surface area contributed by atoms with Crippen molar-refractivity contribution in [2.45, 2.75) is 13.3 Å². The van der Waals surface area contributed by atoms with Crippen molar-refractivity contribution >= 4 is 23.1 Å². The molecule has 0 saturated carbocycles. The fourth-order valence-corrected chi connectivity index (χ4v) is 2.86. The zero-order valence-electron chi connectivity index (χ0n) is 15.4. The number of likely N-dealkylation sites (N-methyl/N-ethyl adjacent to an activating group) is 1. The smallest absolute Gasteiger partial charge is 0.277 e. The van der Waals surface area contributed by atoms with Crippen LogP contribution < -0.4 is 0 Å². The first-order chi connectivity index (χ1) is 12.9. The van der Waals surface area contributed by atoms with Crippen molar-refractivity contribution in [1.29, 1.82) is 0 Å². The molecule has 1 aromatic rings. The van der Waals surface area contributed by atoms with Gasteiger partial charge in [0.1, 0.15) is 5.70 Å². The van der Waals surface area contributed by atoms with E-state index in [4.69, 9.17) is 4.74 Å². The van der Waals surface area contributed by atoms with Crippen LogP contribution in [-0.4, -0.2) is 71.6 Å². The highest BCUT2D eigenvalue weighted by Crippen LogP contribution is 2.31. The number of rotatable bonds is 10. The van der Waals surface area contributed by atoms with Crippen LogP contribution in [0.1, 0.15) is 18.9 Å². The van der Waals surface area contributed by atoms with Gasteiger partial charge in [-0.05, 0) is 31.0 Å². The van der Waals surface area contributed by atoms with E-state index in [-0.39, 0.29) is 36.7 Å². The number of aliphatic hydroxyl groups is 1. The molecule has 0 fully saturated rings.